The molecular weight excluding hydrogens is 376 g/mol. The smallest absolute Gasteiger partial charge is 0.277 e. The molecule has 1 fully saturated rings. The number of carbonyl (C=O) groups excluding carboxylic acids is 1. The summed E-state index contributed by atoms with van der Waals surface area (Å²) in [5.74, 6) is 1.05. The molecule has 1 heterocycles. The van der Waals surface area contributed by atoms with Crippen molar-refractivity contribution in [3.63, 3.8) is 0 Å². The maximum atomic E-state index is 12.1. The normalized spacial score (nSPS) is 15.7. The number of amides is 1. The van der Waals surface area contributed by atoms with Gasteiger partial charge in [-0.1, -0.05) is 23.4 Å². The number of rotatable bonds is 8. The van der Waals surface area contributed by atoms with Gasteiger partial charge < -0.3 is 14.5 Å². The van der Waals surface area contributed by atoms with Crippen LogP contribution in [0.1, 0.15) is 25.7 Å². The van der Waals surface area contributed by atoms with Crippen LogP contribution in [-0.2, 0) is 11.4 Å². The summed E-state index contributed by atoms with van der Waals surface area (Å²) < 4.78 is 11.0. The molecule has 1 saturated carbocycles. The number of thioether (sulfide) groups is 1. The Bertz CT molecular complexity index is 816. The van der Waals surface area contributed by atoms with E-state index in [1.54, 1.807) is 31.2 Å². The third-order valence-electron chi connectivity index (χ3n) is 3.98. The first-order valence-electron chi connectivity index (χ1n) is 8.04. The molecule has 0 saturated heterocycles. The standard InChI is InChI=1S/C17H17ClN4O3S/c1-17(10-19,11-2-3-11)20-14(23)9-26-16-22-21-15(25-16)8-24-13-6-4-12(18)5-7-13/h4-7,11H,2-3,8-9H2,1H3,(H,20,23). The molecule has 2 aromatic rings. The highest BCUT2D eigenvalue weighted by molar-refractivity contribution is 7.99. The average molecular weight is 393 g/mol. The zero-order valence-corrected chi connectivity index (χ0v) is 15.6. The highest BCUT2D eigenvalue weighted by atomic mass is 35.5. The summed E-state index contributed by atoms with van der Waals surface area (Å²) in [4.78, 5) is 12.1. The Hall–Kier alpha value is -2.24. The van der Waals surface area contributed by atoms with Crippen LogP contribution in [0, 0.1) is 17.2 Å². The van der Waals surface area contributed by atoms with E-state index in [2.05, 4.69) is 21.6 Å². The Morgan fingerprint density at radius 1 is 1.46 bits per heavy atom. The number of benzene rings is 1. The fourth-order valence-corrected chi connectivity index (χ4v) is 3.07. The van der Waals surface area contributed by atoms with Crippen LogP contribution in [0.25, 0.3) is 0 Å². The van der Waals surface area contributed by atoms with Gasteiger partial charge in [0, 0.05) is 5.02 Å². The van der Waals surface area contributed by atoms with E-state index in [-0.39, 0.29) is 29.4 Å². The first-order chi connectivity index (χ1) is 12.5. The maximum Gasteiger partial charge on any atom is 0.277 e. The first-order valence-corrected chi connectivity index (χ1v) is 9.40. The molecule has 1 amide bonds. The molecule has 9 heteroatoms. The summed E-state index contributed by atoms with van der Waals surface area (Å²) in [5.41, 5.74) is -0.802. The van der Waals surface area contributed by atoms with Crippen molar-refractivity contribution in [1.82, 2.24) is 15.5 Å². The molecule has 1 aliphatic rings. The van der Waals surface area contributed by atoms with Gasteiger partial charge in [0.2, 0.25) is 5.91 Å². The van der Waals surface area contributed by atoms with Gasteiger partial charge in [0.05, 0.1) is 11.8 Å². The van der Waals surface area contributed by atoms with Gasteiger partial charge in [-0.25, -0.2) is 0 Å². The number of carbonyl (C=O) groups is 1. The molecular formula is C17H17ClN4O3S. The lowest BCUT2D eigenvalue weighted by atomic mass is 9.98. The number of nitrogens with zero attached hydrogens (tertiary/aromatic N) is 3. The Kier molecular flexibility index (Phi) is 5.69. The summed E-state index contributed by atoms with van der Waals surface area (Å²) in [6.07, 6.45) is 1.94. The maximum absolute atomic E-state index is 12.1. The highest BCUT2D eigenvalue weighted by Crippen LogP contribution is 2.39. The number of aromatic nitrogens is 2. The molecule has 1 unspecified atom stereocenters. The first kappa shape index (κ1) is 18.5. The summed E-state index contributed by atoms with van der Waals surface area (Å²) in [7, 11) is 0. The van der Waals surface area contributed by atoms with Crippen LogP contribution in [0.4, 0.5) is 0 Å². The Labute approximate surface area is 160 Å². The Morgan fingerprint density at radius 2 is 2.19 bits per heavy atom. The molecule has 136 valence electrons. The zero-order valence-electron chi connectivity index (χ0n) is 14.1. The van der Waals surface area contributed by atoms with E-state index < -0.39 is 5.54 Å². The topological polar surface area (TPSA) is 101 Å². The average Bonchev–Trinajstić information content (AvgIpc) is 3.40. The molecule has 1 atom stereocenters. The van der Waals surface area contributed by atoms with Crippen molar-refractivity contribution >= 4 is 29.3 Å². The highest BCUT2D eigenvalue weighted by Gasteiger charge is 2.42. The van der Waals surface area contributed by atoms with Crippen LogP contribution >= 0.6 is 23.4 Å². The molecule has 1 aliphatic carbocycles. The molecule has 26 heavy (non-hydrogen) atoms. The van der Waals surface area contributed by atoms with Crippen LogP contribution in [0.2, 0.25) is 5.02 Å². The van der Waals surface area contributed by atoms with Gasteiger partial charge in [-0.05, 0) is 49.9 Å². The van der Waals surface area contributed by atoms with E-state index in [4.69, 9.17) is 20.8 Å². The van der Waals surface area contributed by atoms with Crippen molar-refractivity contribution in [3.05, 3.63) is 35.2 Å². The van der Waals surface area contributed by atoms with Crippen LogP contribution in [-0.4, -0.2) is 27.4 Å². The van der Waals surface area contributed by atoms with E-state index >= 15 is 0 Å². The van der Waals surface area contributed by atoms with Crippen molar-refractivity contribution in [2.24, 2.45) is 5.92 Å². The number of halogens is 1. The molecule has 0 radical (unpaired) electrons. The number of nitriles is 1. The van der Waals surface area contributed by atoms with Crippen LogP contribution < -0.4 is 10.1 Å². The van der Waals surface area contributed by atoms with E-state index in [9.17, 15) is 10.1 Å². The SMILES string of the molecule is CC(C#N)(NC(=O)CSc1nnc(COc2ccc(Cl)cc2)o1)C1CC1. The second-order valence-corrected chi connectivity index (χ2v) is 7.49. The Morgan fingerprint density at radius 3 is 2.85 bits per heavy atom. The van der Waals surface area contributed by atoms with Gasteiger partial charge in [-0.3, -0.25) is 4.79 Å². The lowest BCUT2D eigenvalue weighted by Gasteiger charge is -2.22. The molecule has 7 nitrogen and oxygen atoms in total. The molecule has 0 spiro atoms. The molecule has 0 bridgehead atoms. The largest absolute Gasteiger partial charge is 0.484 e. The van der Waals surface area contributed by atoms with Crippen molar-refractivity contribution in [2.45, 2.75) is 37.1 Å². The van der Waals surface area contributed by atoms with Crippen molar-refractivity contribution in [1.29, 1.82) is 5.26 Å². The van der Waals surface area contributed by atoms with Crippen molar-refractivity contribution < 1.29 is 13.9 Å². The third kappa shape index (κ3) is 4.90. The number of hydrogen-bond acceptors (Lipinski definition) is 7. The summed E-state index contributed by atoms with van der Waals surface area (Å²) in [6.45, 7) is 1.88. The van der Waals surface area contributed by atoms with Gasteiger partial charge >= 0.3 is 0 Å². The predicted molar refractivity (Wildman–Crippen MR) is 95.7 cm³/mol. The summed E-state index contributed by atoms with van der Waals surface area (Å²) in [6, 6.07) is 9.12. The fourth-order valence-electron chi connectivity index (χ4n) is 2.37. The zero-order chi connectivity index (χ0) is 18.6. The molecule has 3 rings (SSSR count). The molecule has 1 aromatic carbocycles. The quantitative estimate of drug-likeness (QED) is 0.688. The third-order valence-corrected chi connectivity index (χ3v) is 5.05. The van der Waals surface area contributed by atoms with Gasteiger partial charge in [-0.2, -0.15) is 5.26 Å². The minimum atomic E-state index is -0.802. The number of hydrogen-bond donors (Lipinski definition) is 1. The molecule has 0 aliphatic heterocycles. The fraction of sp³-hybridized carbons (Fsp3) is 0.412. The van der Waals surface area contributed by atoms with Crippen LogP contribution in [0.5, 0.6) is 5.75 Å². The number of ether oxygens (including phenoxy) is 1. The minimum absolute atomic E-state index is 0.101. The molecule has 1 N–H and O–H groups in total. The van der Waals surface area contributed by atoms with E-state index in [1.165, 1.54) is 0 Å². The minimum Gasteiger partial charge on any atom is -0.484 e. The summed E-state index contributed by atoms with van der Waals surface area (Å²) in [5, 5.41) is 20.7. The van der Waals surface area contributed by atoms with E-state index in [0.717, 1.165) is 24.6 Å². The predicted octanol–water partition coefficient (Wildman–Crippen LogP) is 3.20. The van der Waals surface area contributed by atoms with Crippen molar-refractivity contribution in [3.8, 4) is 11.8 Å². The van der Waals surface area contributed by atoms with E-state index in [0.29, 0.717) is 16.7 Å². The second kappa shape index (κ2) is 7.98. The van der Waals surface area contributed by atoms with Crippen LogP contribution in [0.15, 0.2) is 33.9 Å². The van der Waals surface area contributed by atoms with Crippen LogP contribution in [0.3, 0.4) is 0 Å². The lowest BCUT2D eigenvalue weighted by Crippen LogP contribution is -2.47. The summed E-state index contributed by atoms with van der Waals surface area (Å²) >= 11 is 6.93. The molecule has 1 aromatic heterocycles. The second-order valence-electron chi connectivity index (χ2n) is 6.13. The monoisotopic (exact) mass is 392 g/mol. The van der Waals surface area contributed by atoms with Gasteiger partial charge in [-0.15, -0.1) is 10.2 Å². The van der Waals surface area contributed by atoms with Gasteiger partial charge in [0.25, 0.3) is 11.1 Å². The Balaban J connectivity index is 1.45. The van der Waals surface area contributed by atoms with Gasteiger partial charge in [0.15, 0.2) is 6.61 Å². The lowest BCUT2D eigenvalue weighted by molar-refractivity contribution is -0.119. The van der Waals surface area contributed by atoms with E-state index in [1.807, 2.05) is 0 Å². The number of nitrogens with one attached hydrogen (secondary N) is 1. The van der Waals surface area contributed by atoms with Gasteiger partial charge in [0.1, 0.15) is 11.3 Å². The van der Waals surface area contributed by atoms with Crippen molar-refractivity contribution in [2.75, 3.05) is 5.75 Å².